The molecule has 2 unspecified atom stereocenters. The van der Waals surface area contributed by atoms with E-state index in [-0.39, 0.29) is 29.7 Å². The largest absolute Gasteiger partial charge is 0.381 e. The van der Waals surface area contributed by atoms with Gasteiger partial charge >= 0.3 is 0 Å². The summed E-state index contributed by atoms with van der Waals surface area (Å²) in [5.41, 5.74) is 2.90. The molecule has 5 rings (SSSR count). The van der Waals surface area contributed by atoms with Crippen molar-refractivity contribution in [3.8, 4) is 0 Å². The van der Waals surface area contributed by atoms with Crippen LogP contribution >= 0.6 is 0 Å². The number of hydrogen-bond acceptors (Lipinski definition) is 6. The van der Waals surface area contributed by atoms with Gasteiger partial charge in [0.25, 0.3) is 5.91 Å². The molecule has 1 spiro atoms. The number of fused-ring (bicyclic) bond motifs is 1. The fourth-order valence-electron chi connectivity index (χ4n) is 5.22. The zero-order chi connectivity index (χ0) is 20.7. The molecule has 3 amide bonds. The van der Waals surface area contributed by atoms with Crippen LogP contribution in [0.5, 0.6) is 0 Å². The third-order valence-electron chi connectivity index (χ3n) is 7.00. The second kappa shape index (κ2) is 7.76. The lowest BCUT2D eigenvalue weighted by Gasteiger charge is -2.33. The fraction of sp³-hybridized carbons (Fsp3) is 0.591. The Kier molecular flexibility index (Phi) is 5.08. The van der Waals surface area contributed by atoms with Crippen molar-refractivity contribution in [3.63, 3.8) is 0 Å². The number of amides is 3. The number of nitrogens with one attached hydrogen (secondary N) is 3. The highest BCUT2D eigenvalue weighted by Gasteiger charge is 2.40. The average Bonchev–Trinajstić information content (AvgIpc) is 3.28. The van der Waals surface area contributed by atoms with Gasteiger partial charge in [-0.15, -0.1) is 0 Å². The topological polar surface area (TPSA) is 99.8 Å². The molecular weight excluding hydrogens is 384 g/mol. The molecule has 8 heteroatoms. The van der Waals surface area contributed by atoms with Crippen LogP contribution in [0.15, 0.2) is 18.2 Å². The second-order valence-corrected chi connectivity index (χ2v) is 8.95. The lowest BCUT2D eigenvalue weighted by Crippen LogP contribution is -2.52. The number of rotatable bonds is 4. The van der Waals surface area contributed by atoms with Crippen molar-refractivity contribution >= 4 is 17.7 Å². The number of piperidine rings is 1. The molecule has 4 aliphatic heterocycles. The SMILES string of the molecule is O=C1CCC(N2Cc3ccc(CNC4CNC5(CCOCC5)C4)cc3C2=O)C(=O)N1. The van der Waals surface area contributed by atoms with E-state index < -0.39 is 6.04 Å². The van der Waals surface area contributed by atoms with E-state index >= 15 is 0 Å². The van der Waals surface area contributed by atoms with Gasteiger partial charge in [-0.25, -0.2) is 0 Å². The zero-order valence-electron chi connectivity index (χ0n) is 17.0. The van der Waals surface area contributed by atoms with Gasteiger partial charge in [0.05, 0.1) is 0 Å². The van der Waals surface area contributed by atoms with E-state index in [2.05, 4.69) is 22.0 Å². The molecule has 0 bridgehead atoms. The fourth-order valence-corrected chi connectivity index (χ4v) is 5.22. The van der Waals surface area contributed by atoms with Gasteiger partial charge in [0.2, 0.25) is 11.8 Å². The Balaban J connectivity index is 1.21. The molecule has 1 aromatic carbocycles. The van der Waals surface area contributed by atoms with E-state index in [1.165, 1.54) is 0 Å². The van der Waals surface area contributed by atoms with E-state index in [9.17, 15) is 14.4 Å². The zero-order valence-corrected chi connectivity index (χ0v) is 17.0. The highest BCUT2D eigenvalue weighted by Crippen LogP contribution is 2.31. The van der Waals surface area contributed by atoms with Gasteiger partial charge in [0.15, 0.2) is 0 Å². The number of ether oxygens (including phenoxy) is 1. The highest BCUT2D eigenvalue weighted by atomic mass is 16.5. The third kappa shape index (κ3) is 3.64. The van der Waals surface area contributed by atoms with Gasteiger partial charge < -0.3 is 20.3 Å². The quantitative estimate of drug-likeness (QED) is 0.621. The summed E-state index contributed by atoms with van der Waals surface area (Å²) in [5.74, 6) is -0.757. The molecule has 4 heterocycles. The van der Waals surface area contributed by atoms with Crippen molar-refractivity contribution in [1.29, 1.82) is 0 Å². The molecule has 3 N–H and O–H groups in total. The van der Waals surface area contributed by atoms with Crippen molar-refractivity contribution in [2.75, 3.05) is 19.8 Å². The van der Waals surface area contributed by atoms with Crippen LogP contribution in [0.1, 0.15) is 53.6 Å². The summed E-state index contributed by atoms with van der Waals surface area (Å²) < 4.78 is 5.50. The number of carbonyl (C=O) groups is 3. The van der Waals surface area contributed by atoms with Gasteiger partial charge in [0, 0.05) is 56.4 Å². The molecule has 0 aliphatic carbocycles. The lowest BCUT2D eigenvalue weighted by atomic mass is 9.87. The summed E-state index contributed by atoms with van der Waals surface area (Å²) in [5, 5.41) is 9.67. The first-order valence-electron chi connectivity index (χ1n) is 10.9. The first-order chi connectivity index (χ1) is 14.5. The molecule has 0 radical (unpaired) electrons. The first kappa shape index (κ1) is 19.7. The minimum atomic E-state index is -0.565. The van der Waals surface area contributed by atoms with Crippen molar-refractivity contribution in [2.24, 2.45) is 0 Å². The summed E-state index contributed by atoms with van der Waals surface area (Å²) >= 11 is 0. The molecule has 160 valence electrons. The maximum atomic E-state index is 13.0. The van der Waals surface area contributed by atoms with E-state index in [0.29, 0.717) is 31.1 Å². The molecule has 30 heavy (non-hydrogen) atoms. The Labute approximate surface area is 175 Å². The Bertz CT molecular complexity index is 880. The number of hydrogen-bond donors (Lipinski definition) is 3. The smallest absolute Gasteiger partial charge is 0.255 e. The third-order valence-corrected chi connectivity index (χ3v) is 7.00. The number of benzene rings is 1. The molecule has 4 aliphatic rings. The van der Waals surface area contributed by atoms with Crippen molar-refractivity contribution in [2.45, 2.75) is 62.8 Å². The van der Waals surface area contributed by atoms with Gasteiger partial charge in [-0.2, -0.15) is 0 Å². The van der Waals surface area contributed by atoms with Crippen LogP contribution in [0.3, 0.4) is 0 Å². The molecule has 8 nitrogen and oxygen atoms in total. The molecule has 3 saturated heterocycles. The Morgan fingerprint density at radius 1 is 1.20 bits per heavy atom. The molecule has 0 aromatic heterocycles. The van der Waals surface area contributed by atoms with E-state index in [1.807, 2.05) is 12.1 Å². The van der Waals surface area contributed by atoms with Crippen LogP contribution in [0, 0.1) is 0 Å². The van der Waals surface area contributed by atoms with Gasteiger partial charge in [0.1, 0.15) is 6.04 Å². The van der Waals surface area contributed by atoms with E-state index in [4.69, 9.17) is 4.74 Å². The van der Waals surface area contributed by atoms with Crippen LogP contribution < -0.4 is 16.0 Å². The van der Waals surface area contributed by atoms with Crippen LogP contribution in [-0.2, 0) is 27.4 Å². The van der Waals surface area contributed by atoms with Gasteiger partial charge in [-0.3, -0.25) is 19.7 Å². The van der Waals surface area contributed by atoms with E-state index in [1.54, 1.807) is 4.90 Å². The maximum Gasteiger partial charge on any atom is 0.255 e. The second-order valence-electron chi connectivity index (χ2n) is 8.95. The summed E-state index contributed by atoms with van der Waals surface area (Å²) in [6.45, 7) is 3.74. The molecule has 1 aromatic rings. The van der Waals surface area contributed by atoms with Gasteiger partial charge in [-0.05, 0) is 42.9 Å². The molecule has 3 fully saturated rings. The Hall–Kier alpha value is -2.29. The molecular formula is C22H28N4O4. The molecule has 2 atom stereocenters. The average molecular weight is 412 g/mol. The summed E-state index contributed by atoms with van der Waals surface area (Å²) in [4.78, 5) is 38.1. The monoisotopic (exact) mass is 412 g/mol. The van der Waals surface area contributed by atoms with Crippen molar-refractivity contribution in [3.05, 3.63) is 34.9 Å². The minimum absolute atomic E-state index is 0.120. The van der Waals surface area contributed by atoms with Crippen molar-refractivity contribution < 1.29 is 19.1 Å². The molecule has 0 saturated carbocycles. The number of carbonyl (C=O) groups excluding carboxylic acids is 3. The predicted molar refractivity (Wildman–Crippen MR) is 109 cm³/mol. The Morgan fingerprint density at radius 2 is 2.03 bits per heavy atom. The van der Waals surface area contributed by atoms with Crippen LogP contribution in [0.4, 0.5) is 0 Å². The van der Waals surface area contributed by atoms with Crippen LogP contribution in [0.25, 0.3) is 0 Å². The summed E-state index contributed by atoms with van der Waals surface area (Å²) in [7, 11) is 0. The summed E-state index contributed by atoms with van der Waals surface area (Å²) in [6, 6.07) is 5.84. The maximum absolute atomic E-state index is 13.0. The lowest BCUT2D eigenvalue weighted by molar-refractivity contribution is -0.136. The minimum Gasteiger partial charge on any atom is -0.381 e. The summed E-state index contributed by atoms with van der Waals surface area (Å²) in [6.07, 6.45) is 3.89. The van der Waals surface area contributed by atoms with Crippen molar-refractivity contribution in [1.82, 2.24) is 20.9 Å². The number of imide groups is 1. The standard InChI is InChI=1S/C22H28N4O4/c27-19-4-3-18(20(28)25-19)26-13-15-2-1-14(9-17(15)21(26)29)11-23-16-10-22(24-12-16)5-7-30-8-6-22/h1-2,9,16,18,23-24H,3-8,10-13H2,(H,25,27,28). The normalized spacial score (nSPS) is 28.1. The van der Waals surface area contributed by atoms with Crippen LogP contribution in [-0.4, -0.2) is 60.0 Å². The predicted octanol–water partition coefficient (Wildman–Crippen LogP) is 0.448. The van der Waals surface area contributed by atoms with E-state index in [0.717, 1.165) is 50.1 Å². The number of nitrogens with zero attached hydrogens (tertiary/aromatic N) is 1. The highest BCUT2D eigenvalue weighted by molar-refractivity contribution is 6.05. The van der Waals surface area contributed by atoms with Gasteiger partial charge in [-0.1, -0.05) is 12.1 Å². The van der Waals surface area contributed by atoms with Crippen LogP contribution in [0.2, 0.25) is 0 Å². The first-order valence-corrected chi connectivity index (χ1v) is 10.9. The Morgan fingerprint density at radius 3 is 2.83 bits per heavy atom.